The highest BCUT2D eigenvalue weighted by molar-refractivity contribution is 6.53. The molecule has 3 aromatic carbocycles. The predicted octanol–water partition coefficient (Wildman–Crippen LogP) is 6.15. The van der Waals surface area contributed by atoms with Gasteiger partial charge in [-0.25, -0.2) is 4.90 Å². The summed E-state index contributed by atoms with van der Waals surface area (Å²) in [5.74, 6) is -1.15. The molecule has 0 aromatic heterocycles. The van der Waals surface area contributed by atoms with Crippen molar-refractivity contribution in [3.8, 4) is 0 Å². The molecule has 0 spiro atoms. The number of halogens is 2. The van der Waals surface area contributed by atoms with Crippen molar-refractivity contribution in [2.75, 3.05) is 15.5 Å². The van der Waals surface area contributed by atoms with Crippen LogP contribution in [0.1, 0.15) is 35.7 Å². The van der Waals surface area contributed by atoms with Crippen molar-refractivity contribution in [1.82, 2.24) is 0 Å². The standard InChI is InChI=1S/C26H21Cl2N3O3/c1-15(2)16-9-13-19(14-10-16)31-25(33)22(28)23(26(31)34)29-18-11-7-17(8-12-18)24(32)30-21-6-4-3-5-20(21)27/h3-15,29H,1-2H3,(H,30,32). The number of imide groups is 1. The average Bonchev–Trinajstić information content (AvgIpc) is 3.04. The zero-order chi connectivity index (χ0) is 24.4. The van der Waals surface area contributed by atoms with E-state index in [1.54, 1.807) is 60.7 Å². The number of nitrogens with one attached hydrogen (secondary N) is 2. The minimum absolute atomic E-state index is 0.0205. The van der Waals surface area contributed by atoms with Crippen LogP contribution in [0.2, 0.25) is 5.02 Å². The molecule has 172 valence electrons. The first kappa shape index (κ1) is 23.5. The van der Waals surface area contributed by atoms with Crippen LogP contribution < -0.4 is 15.5 Å². The summed E-state index contributed by atoms with van der Waals surface area (Å²) < 4.78 is 0. The minimum Gasteiger partial charge on any atom is -0.350 e. The topological polar surface area (TPSA) is 78.5 Å². The molecule has 0 saturated carbocycles. The third kappa shape index (κ3) is 4.69. The Hall–Kier alpha value is -3.61. The zero-order valence-corrected chi connectivity index (χ0v) is 19.9. The summed E-state index contributed by atoms with van der Waals surface area (Å²) in [6, 6.07) is 20.6. The number of benzene rings is 3. The maximum Gasteiger partial charge on any atom is 0.283 e. The van der Waals surface area contributed by atoms with Crippen LogP contribution in [0.15, 0.2) is 83.5 Å². The Morgan fingerprint density at radius 1 is 0.853 bits per heavy atom. The van der Waals surface area contributed by atoms with Crippen molar-refractivity contribution in [2.24, 2.45) is 0 Å². The van der Waals surface area contributed by atoms with E-state index in [-0.39, 0.29) is 16.6 Å². The van der Waals surface area contributed by atoms with Crippen molar-refractivity contribution in [1.29, 1.82) is 0 Å². The molecule has 6 nitrogen and oxygen atoms in total. The van der Waals surface area contributed by atoms with Gasteiger partial charge in [-0.1, -0.05) is 61.3 Å². The Bertz CT molecular complexity index is 1300. The lowest BCUT2D eigenvalue weighted by molar-refractivity contribution is -0.120. The highest BCUT2D eigenvalue weighted by Crippen LogP contribution is 2.31. The number of rotatable bonds is 6. The monoisotopic (exact) mass is 493 g/mol. The van der Waals surface area contributed by atoms with Crippen molar-refractivity contribution >= 4 is 58.0 Å². The summed E-state index contributed by atoms with van der Waals surface area (Å²) in [5, 5.41) is 5.89. The van der Waals surface area contributed by atoms with E-state index in [0.717, 1.165) is 10.5 Å². The van der Waals surface area contributed by atoms with Crippen LogP contribution in [0.25, 0.3) is 0 Å². The van der Waals surface area contributed by atoms with Crippen molar-refractivity contribution in [2.45, 2.75) is 19.8 Å². The number of hydrogen-bond donors (Lipinski definition) is 2. The molecule has 0 saturated heterocycles. The first-order valence-corrected chi connectivity index (χ1v) is 11.3. The molecule has 0 fully saturated rings. The fourth-order valence-electron chi connectivity index (χ4n) is 3.46. The maximum absolute atomic E-state index is 13.0. The summed E-state index contributed by atoms with van der Waals surface area (Å²) in [5.41, 5.74) is 2.92. The minimum atomic E-state index is -0.595. The molecule has 0 radical (unpaired) electrons. The third-order valence-electron chi connectivity index (χ3n) is 5.38. The highest BCUT2D eigenvalue weighted by atomic mass is 35.5. The molecule has 1 aliphatic rings. The Kier molecular flexibility index (Phi) is 6.72. The number of carbonyl (C=O) groups is 3. The van der Waals surface area contributed by atoms with Crippen LogP contribution in [0.4, 0.5) is 17.1 Å². The van der Waals surface area contributed by atoms with Crippen LogP contribution >= 0.6 is 23.2 Å². The second kappa shape index (κ2) is 9.71. The third-order valence-corrected chi connectivity index (χ3v) is 6.06. The Morgan fingerprint density at radius 2 is 1.50 bits per heavy atom. The summed E-state index contributed by atoms with van der Waals surface area (Å²) >= 11 is 12.3. The van der Waals surface area contributed by atoms with Crippen molar-refractivity contribution < 1.29 is 14.4 Å². The van der Waals surface area contributed by atoms with E-state index in [0.29, 0.717) is 33.6 Å². The molecule has 0 unspecified atom stereocenters. The van der Waals surface area contributed by atoms with Gasteiger partial charge < -0.3 is 10.6 Å². The van der Waals surface area contributed by atoms with Gasteiger partial charge in [-0.05, 0) is 60.0 Å². The molecule has 0 aliphatic carbocycles. The molecule has 3 aromatic rings. The van der Waals surface area contributed by atoms with Gasteiger partial charge >= 0.3 is 0 Å². The van der Waals surface area contributed by atoms with E-state index >= 15 is 0 Å². The van der Waals surface area contributed by atoms with Crippen LogP contribution in [0, 0.1) is 0 Å². The number of para-hydroxylation sites is 1. The van der Waals surface area contributed by atoms with E-state index in [1.165, 1.54) is 0 Å². The zero-order valence-electron chi connectivity index (χ0n) is 18.4. The van der Waals surface area contributed by atoms with Gasteiger partial charge in [0.2, 0.25) is 0 Å². The molecule has 3 amide bonds. The Morgan fingerprint density at radius 3 is 2.12 bits per heavy atom. The van der Waals surface area contributed by atoms with Gasteiger partial charge in [0, 0.05) is 11.3 Å². The predicted molar refractivity (Wildman–Crippen MR) is 135 cm³/mol. The van der Waals surface area contributed by atoms with Gasteiger partial charge in [0.1, 0.15) is 10.7 Å². The molecule has 0 atom stereocenters. The molecule has 8 heteroatoms. The van der Waals surface area contributed by atoms with Crippen molar-refractivity contribution in [3.05, 3.63) is 99.7 Å². The normalized spacial score (nSPS) is 13.6. The number of amides is 3. The molecule has 1 heterocycles. The fourth-order valence-corrected chi connectivity index (χ4v) is 3.86. The largest absolute Gasteiger partial charge is 0.350 e. The molecular formula is C26H21Cl2N3O3. The van der Waals surface area contributed by atoms with Gasteiger partial charge in [-0.3, -0.25) is 14.4 Å². The fraction of sp³-hybridized carbons (Fsp3) is 0.115. The summed E-state index contributed by atoms with van der Waals surface area (Å²) in [7, 11) is 0. The quantitative estimate of drug-likeness (QED) is 0.403. The number of anilines is 3. The van der Waals surface area contributed by atoms with Crippen molar-refractivity contribution in [3.63, 3.8) is 0 Å². The van der Waals surface area contributed by atoms with Gasteiger partial charge in [0.25, 0.3) is 17.7 Å². The smallest absolute Gasteiger partial charge is 0.283 e. The SMILES string of the molecule is CC(C)c1ccc(N2C(=O)C(Cl)=C(Nc3ccc(C(=O)Nc4ccccc4Cl)cc3)C2=O)cc1. The van der Waals surface area contributed by atoms with E-state index < -0.39 is 11.8 Å². The van der Waals surface area contributed by atoms with E-state index in [2.05, 4.69) is 24.5 Å². The highest BCUT2D eigenvalue weighted by Gasteiger charge is 2.39. The van der Waals surface area contributed by atoms with E-state index in [4.69, 9.17) is 23.2 Å². The summed E-state index contributed by atoms with van der Waals surface area (Å²) in [6.45, 7) is 4.13. The second-order valence-corrected chi connectivity index (χ2v) is 8.80. The Balaban J connectivity index is 1.48. The van der Waals surface area contributed by atoms with Gasteiger partial charge in [-0.15, -0.1) is 0 Å². The van der Waals surface area contributed by atoms with Gasteiger partial charge in [-0.2, -0.15) is 0 Å². The lowest BCUT2D eigenvalue weighted by Crippen LogP contribution is -2.32. The summed E-state index contributed by atoms with van der Waals surface area (Å²) in [4.78, 5) is 39.2. The van der Waals surface area contributed by atoms with Gasteiger partial charge in [0.15, 0.2) is 0 Å². The molecule has 2 N–H and O–H groups in total. The Labute approximate surface area is 207 Å². The first-order chi connectivity index (χ1) is 16.3. The number of carbonyl (C=O) groups excluding carboxylic acids is 3. The number of nitrogens with zero attached hydrogens (tertiary/aromatic N) is 1. The lowest BCUT2D eigenvalue weighted by Gasteiger charge is -2.16. The molecular weight excluding hydrogens is 473 g/mol. The van der Waals surface area contributed by atoms with Crippen LogP contribution in [0.5, 0.6) is 0 Å². The lowest BCUT2D eigenvalue weighted by atomic mass is 10.0. The number of hydrogen-bond acceptors (Lipinski definition) is 4. The van der Waals surface area contributed by atoms with Crippen LogP contribution in [-0.2, 0) is 9.59 Å². The molecule has 0 bridgehead atoms. The second-order valence-electron chi connectivity index (χ2n) is 8.02. The van der Waals surface area contributed by atoms with Crippen LogP contribution in [0.3, 0.4) is 0 Å². The van der Waals surface area contributed by atoms with E-state index in [1.807, 2.05) is 12.1 Å². The van der Waals surface area contributed by atoms with Crippen LogP contribution in [-0.4, -0.2) is 17.7 Å². The average molecular weight is 494 g/mol. The van der Waals surface area contributed by atoms with Gasteiger partial charge in [0.05, 0.1) is 16.4 Å². The molecule has 4 rings (SSSR count). The maximum atomic E-state index is 13.0. The molecule has 34 heavy (non-hydrogen) atoms. The molecule has 1 aliphatic heterocycles. The van der Waals surface area contributed by atoms with E-state index in [9.17, 15) is 14.4 Å². The summed E-state index contributed by atoms with van der Waals surface area (Å²) in [6.07, 6.45) is 0. The first-order valence-electron chi connectivity index (χ1n) is 10.6.